The van der Waals surface area contributed by atoms with Crippen molar-refractivity contribution in [3.05, 3.63) is 0 Å². The summed E-state index contributed by atoms with van der Waals surface area (Å²) < 4.78 is 0. The highest BCUT2D eigenvalue weighted by atomic mass is 35.5. The minimum Gasteiger partial charge on any atom is -0.370 e. The van der Waals surface area contributed by atoms with E-state index < -0.39 is 16.7 Å². The minimum atomic E-state index is -0.813. The zero-order chi connectivity index (χ0) is 12.6. The monoisotopic (exact) mass is 268 g/mol. The lowest BCUT2D eigenvalue weighted by molar-refractivity contribution is -0.118. The van der Waals surface area contributed by atoms with Crippen LogP contribution in [0.2, 0.25) is 0 Å². The first kappa shape index (κ1) is 15.5. The van der Waals surface area contributed by atoms with Crippen molar-refractivity contribution in [2.24, 2.45) is 11.5 Å². The second-order valence-electron chi connectivity index (χ2n) is 3.74. The van der Waals surface area contributed by atoms with Crippen molar-refractivity contribution in [3.8, 4) is 0 Å². The molecule has 2 amide bonds. The number of nitrogens with two attached hydrogens (primary N) is 2. The van der Waals surface area contributed by atoms with Gasteiger partial charge in [0.05, 0.1) is 5.38 Å². The molecule has 0 aromatic heterocycles. The van der Waals surface area contributed by atoms with Crippen molar-refractivity contribution in [1.29, 1.82) is 0 Å². The zero-order valence-corrected chi connectivity index (χ0v) is 10.6. The Labute approximate surface area is 106 Å². The molecule has 0 aromatic rings. The summed E-state index contributed by atoms with van der Waals surface area (Å²) in [6.45, 7) is 0. The third-order valence-electron chi connectivity index (χ3n) is 2.24. The van der Waals surface area contributed by atoms with Crippen LogP contribution < -0.4 is 11.5 Å². The van der Waals surface area contributed by atoms with E-state index in [1.165, 1.54) is 0 Å². The first-order valence-electron chi connectivity index (χ1n) is 5.31. The summed E-state index contributed by atoms with van der Waals surface area (Å²) in [6.07, 6.45) is 4.60. The first-order valence-corrected chi connectivity index (χ1v) is 6.18. The van der Waals surface area contributed by atoms with Crippen LogP contribution in [0, 0.1) is 0 Å². The van der Waals surface area contributed by atoms with Crippen LogP contribution in [-0.2, 0) is 9.59 Å². The van der Waals surface area contributed by atoms with Gasteiger partial charge in [-0.3, -0.25) is 9.59 Å². The lowest BCUT2D eigenvalue weighted by atomic mass is 10.1. The van der Waals surface area contributed by atoms with Crippen molar-refractivity contribution in [2.45, 2.75) is 49.3 Å². The van der Waals surface area contributed by atoms with Gasteiger partial charge in [0, 0.05) is 6.42 Å². The average Bonchev–Trinajstić information content (AvgIpc) is 2.21. The number of rotatable bonds is 9. The highest BCUT2D eigenvalue weighted by Gasteiger charge is 2.21. The maximum atomic E-state index is 10.7. The molecule has 0 radical (unpaired) electrons. The number of alkyl halides is 2. The van der Waals surface area contributed by atoms with Crippen molar-refractivity contribution in [3.63, 3.8) is 0 Å². The highest BCUT2D eigenvalue weighted by molar-refractivity contribution is 6.37. The molecule has 94 valence electrons. The molecule has 0 saturated carbocycles. The maximum absolute atomic E-state index is 10.7. The molecule has 0 aromatic carbocycles. The van der Waals surface area contributed by atoms with Crippen LogP contribution in [0.5, 0.6) is 0 Å². The molecule has 0 rings (SSSR count). The van der Waals surface area contributed by atoms with Crippen LogP contribution in [-0.4, -0.2) is 22.6 Å². The molecule has 2 unspecified atom stereocenters. The number of carbonyl (C=O) groups excluding carboxylic acids is 2. The molecule has 0 fully saturated rings. The van der Waals surface area contributed by atoms with E-state index in [-0.39, 0.29) is 5.91 Å². The van der Waals surface area contributed by atoms with Crippen molar-refractivity contribution in [1.82, 2.24) is 0 Å². The molecule has 0 saturated heterocycles. The van der Waals surface area contributed by atoms with Gasteiger partial charge in [0.15, 0.2) is 0 Å². The van der Waals surface area contributed by atoms with E-state index >= 15 is 0 Å². The van der Waals surface area contributed by atoms with Gasteiger partial charge >= 0.3 is 0 Å². The SMILES string of the molecule is NC(=O)CCCCCCC(Cl)C(Cl)C(N)=O. The Morgan fingerprint density at radius 2 is 1.56 bits per heavy atom. The number of amides is 2. The fraction of sp³-hybridized carbons (Fsp3) is 0.800. The Kier molecular flexibility index (Phi) is 8.39. The van der Waals surface area contributed by atoms with Gasteiger partial charge in [-0.1, -0.05) is 19.3 Å². The van der Waals surface area contributed by atoms with Gasteiger partial charge in [-0.05, 0) is 12.8 Å². The van der Waals surface area contributed by atoms with Crippen molar-refractivity contribution < 1.29 is 9.59 Å². The smallest absolute Gasteiger partial charge is 0.237 e. The molecule has 6 heteroatoms. The van der Waals surface area contributed by atoms with Crippen LogP contribution >= 0.6 is 23.2 Å². The van der Waals surface area contributed by atoms with E-state index in [1.54, 1.807) is 0 Å². The standard InChI is InChI=1S/C10H18Cl2N2O2/c11-7(9(12)10(14)16)5-3-1-2-4-6-8(13)15/h7,9H,1-6H2,(H2,13,15)(H2,14,16). The largest absolute Gasteiger partial charge is 0.370 e. The summed E-state index contributed by atoms with van der Waals surface area (Å²) in [5.41, 5.74) is 10.0. The van der Waals surface area contributed by atoms with Crippen LogP contribution in [0.15, 0.2) is 0 Å². The second-order valence-corrected chi connectivity index (χ2v) is 4.77. The Morgan fingerprint density at radius 3 is 2.06 bits per heavy atom. The van der Waals surface area contributed by atoms with Gasteiger partial charge in [-0.15, -0.1) is 23.2 Å². The second kappa shape index (κ2) is 8.65. The quantitative estimate of drug-likeness (QED) is 0.491. The third-order valence-corrected chi connectivity index (χ3v) is 3.36. The Bertz CT molecular complexity index is 237. The summed E-state index contributed by atoms with van der Waals surface area (Å²) in [5.74, 6) is -0.861. The van der Waals surface area contributed by atoms with Gasteiger partial charge in [-0.2, -0.15) is 0 Å². The molecule has 4 N–H and O–H groups in total. The van der Waals surface area contributed by atoms with E-state index in [1.807, 2.05) is 0 Å². The predicted molar refractivity (Wildman–Crippen MR) is 65.4 cm³/mol. The number of hydrogen-bond donors (Lipinski definition) is 2. The fourth-order valence-corrected chi connectivity index (χ4v) is 1.72. The van der Waals surface area contributed by atoms with Gasteiger partial charge < -0.3 is 11.5 Å². The van der Waals surface area contributed by atoms with Gasteiger partial charge in [0.25, 0.3) is 0 Å². The van der Waals surface area contributed by atoms with Gasteiger partial charge in [-0.25, -0.2) is 0 Å². The van der Waals surface area contributed by atoms with Crippen molar-refractivity contribution >= 4 is 35.0 Å². The van der Waals surface area contributed by atoms with Crippen LogP contribution in [0.25, 0.3) is 0 Å². The number of halogens is 2. The average molecular weight is 269 g/mol. The number of unbranched alkanes of at least 4 members (excludes halogenated alkanes) is 3. The third kappa shape index (κ3) is 7.77. The normalized spacial score (nSPS) is 14.4. The highest BCUT2D eigenvalue weighted by Crippen LogP contribution is 2.17. The van der Waals surface area contributed by atoms with E-state index in [0.717, 1.165) is 25.7 Å². The molecule has 0 aliphatic heterocycles. The number of carbonyl (C=O) groups is 2. The topological polar surface area (TPSA) is 86.2 Å². The van der Waals surface area contributed by atoms with Gasteiger partial charge in [0.2, 0.25) is 11.8 Å². The zero-order valence-electron chi connectivity index (χ0n) is 9.12. The summed E-state index contributed by atoms with van der Waals surface area (Å²) in [4.78, 5) is 21.1. The van der Waals surface area contributed by atoms with E-state index in [2.05, 4.69) is 0 Å². The lowest BCUT2D eigenvalue weighted by Crippen LogP contribution is -2.31. The van der Waals surface area contributed by atoms with Crippen LogP contribution in [0.1, 0.15) is 38.5 Å². The van der Waals surface area contributed by atoms with Gasteiger partial charge in [0.1, 0.15) is 5.38 Å². The molecular formula is C10H18Cl2N2O2. The molecule has 16 heavy (non-hydrogen) atoms. The number of hydrogen-bond acceptors (Lipinski definition) is 2. The van der Waals surface area contributed by atoms with E-state index in [4.69, 9.17) is 34.7 Å². The molecule has 0 bridgehead atoms. The molecular weight excluding hydrogens is 251 g/mol. The van der Waals surface area contributed by atoms with E-state index in [9.17, 15) is 9.59 Å². The summed E-state index contributed by atoms with van der Waals surface area (Å²) in [7, 11) is 0. The molecule has 0 heterocycles. The molecule has 0 aliphatic carbocycles. The molecule has 4 nitrogen and oxygen atoms in total. The molecule has 0 aliphatic rings. The molecule has 2 atom stereocenters. The Morgan fingerprint density at radius 1 is 1.00 bits per heavy atom. The van der Waals surface area contributed by atoms with Crippen LogP contribution in [0.4, 0.5) is 0 Å². The maximum Gasteiger partial charge on any atom is 0.237 e. The first-order chi connectivity index (χ1) is 7.45. The molecule has 0 spiro atoms. The van der Waals surface area contributed by atoms with Crippen molar-refractivity contribution in [2.75, 3.05) is 0 Å². The predicted octanol–water partition coefficient (Wildman–Crippen LogP) is 1.51. The summed E-state index contributed by atoms with van der Waals surface area (Å²) in [6, 6.07) is 0. The minimum absolute atomic E-state index is 0.273. The summed E-state index contributed by atoms with van der Waals surface area (Å²) >= 11 is 11.6. The number of primary amides is 2. The Balaban J connectivity index is 3.44. The Hall–Kier alpha value is -0.480. The summed E-state index contributed by atoms with van der Waals surface area (Å²) in [5, 5.41) is -1.23. The van der Waals surface area contributed by atoms with Crippen LogP contribution in [0.3, 0.4) is 0 Å². The fourth-order valence-electron chi connectivity index (χ4n) is 1.32. The van der Waals surface area contributed by atoms with E-state index in [0.29, 0.717) is 12.8 Å². The lowest BCUT2D eigenvalue weighted by Gasteiger charge is -2.12.